The summed E-state index contributed by atoms with van der Waals surface area (Å²) in [5.74, 6) is -0.907. The molecule has 3 aromatic rings. The van der Waals surface area contributed by atoms with E-state index < -0.39 is 15.7 Å². The van der Waals surface area contributed by atoms with Gasteiger partial charge in [0.1, 0.15) is 5.82 Å². The van der Waals surface area contributed by atoms with Gasteiger partial charge >= 0.3 is 0 Å². The van der Waals surface area contributed by atoms with E-state index >= 15 is 0 Å². The molecular weight excluding hydrogens is 417 g/mol. The Morgan fingerprint density at radius 1 is 1.16 bits per heavy atom. The van der Waals surface area contributed by atoms with Crippen LogP contribution in [0.25, 0.3) is 0 Å². The molecular formula is C23H24FN3O3S. The maximum atomic E-state index is 13.6. The van der Waals surface area contributed by atoms with Crippen molar-refractivity contribution < 1.29 is 17.6 Å². The minimum absolute atomic E-state index is 0.0445. The van der Waals surface area contributed by atoms with Gasteiger partial charge in [-0.2, -0.15) is 0 Å². The molecule has 1 aliphatic rings. The van der Waals surface area contributed by atoms with Gasteiger partial charge in [-0.05, 0) is 43.5 Å². The van der Waals surface area contributed by atoms with Crippen LogP contribution >= 0.6 is 0 Å². The van der Waals surface area contributed by atoms with E-state index in [9.17, 15) is 17.6 Å². The molecule has 2 aromatic carbocycles. The van der Waals surface area contributed by atoms with Crippen molar-refractivity contribution >= 4 is 15.7 Å². The van der Waals surface area contributed by atoms with E-state index in [1.807, 2.05) is 13.0 Å². The Hall–Kier alpha value is -3.00. The second kappa shape index (κ2) is 8.63. The second-order valence-electron chi connectivity index (χ2n) is 7.71. The molecule has 0 radical (unpaired) electrons. The first-order chi connectivity index (χ1) is 14.9. The molecule has 0 spiro atoms. The zero-order chi connectivity index (χ0) is 22.0. The number of imidazole rings is 1. The fourth-order valence-electron chi connectivity index (χ4n) is 3.63. The molecule has 6 nitrogen and oxygen atoms in total. The number of amides is 1. The highest BCUT2D eigenvalue weighted by Crippen LogP contribution is 2.39. The number of halogens is 1. The molecule has 162 valence electrons. The Kier molecular flexibility index (Phi) is 5.91. The number of carbonyl (C=O) groups is 1. The average molecular weight is 442 g/mol. The first kappa shape index (κ1) is 21.2. The molecule has 4 rings (SSSR count). The number of nitrogens with zero attached hydrogens (tertiary/aromatic N) is 3. The van der Waals surface area contributed by atoms with Gasteiger partial charge in [0, 0.05) is 18.2 Å². The lowest BCUT2D eigenvalue weighted by Gasteiger charge is -2.22. The van der Waals surface area contributed by atoms with Gasteiger partial charge in [-0.1, -0.05) is 36.4 Å². The highest BCUT2D eigenvalue weighted by Gasteiger charge is 2.34. The lowest BCUT2D eigenvalue weighted by atomic mass is 10.2. The second-order valence-corrected chi connectivity index (χ2v) is 9.59. The molecule has 31 heavy (non-hydrogen) atoms. The van der Waals surface area contributed by atoms with Crippen molar-refractivity contribution in [2.45, 2.75) is 43.3 Å². The summed E-state index contributed by atoms with van der Waals surface area (Å²) in [5.41, 5.74) is 1.63. The van der Waals surface area contributed by atoms with Gasteiger partial charge in [-0.15, -0.1) is 0 Å². The maximum absolute atomic E-state index is 13.6. The summed E-state index contributed by atoms with van der Waals surface area (Å²) in [6.07, 6.45) is 3.29. The minimum atomic E-state index is -3.65. The molecule has 1 heterocycles. The number of hydrogen-bond donors (Lipinski definition) is 0. The fourth-order valence-corrected chi connectivity index (χ4v) is 5.17. The third kappa shape index (κ3) is 4.69. The van der Waals surface area contributed by atoms with Crippen LogP contribution in [0.4, 0.5) is 4.39 Å². The van der Waals surface area contributed by atoms with Crippen LogP contribution < -0.4 is 0 Å². The Balaban J connectivity index is 1.62. The number of sulfone groups is 1. The van der Waals surface area contributed by atoms with Crippen molar-refractivity contribution in [3.8, 4) is 0 Å². The van der Waals surface area contributed by atoms with Crippen LogP contribution in [0.5, 0.6) is 0 Å². The molecule has 0 saturated heterocycles. The normalized spacial score (nSPS) is 13.9. The molecule has 1 aromatic heterocycles. The standard InChI is InChI=1S/C23H24FN3O3S/c1-2-26(22(28)18-9-6-10-19(24)13-18)15-21-14-25-23(27(21)20-11-12-20)31(29,30)16-17-7-4-3-5-8-17/h3-10,13-14,20H,2,11-12,15-16H2,1H3. The number of rotatable bonds is 8. The van der Waals surface area contributed by atoms with Crippen molar-refractivity contribution in [2.75, 3.05) is 6.54 Å². The van der Waals surface area contributed by atoms with E-state index in [-0.39, 0.29) is 35.0 Å². The molecule has 0 unspecified atom stereocenters. The summed E-state index contributed by atoms with van der Waals surface area (Å²) in [4.78, 5) is 18.7. The van der Waals surface area contributed by atoms with E-state index in [4.69, 9.17) is 0 Å². The Morgan fingerprint density at radius 2 is 1.90 bits per heavy atom. The number of carbonyl (C=O) groups excluding carboxylic acids is 1. The van der Waals surface area contributed by atoms with E-state index in [1.165, 1.54) is 24.4 Å². The van der Waals surface area contributed by atoms with Gasteiger partial charge in [0.25, 0.3) is 5.91 Å². The number of aromatic nitrogens is 2. The lowest BCUT2D eigenvalue weighted by Crippen LogP contribution is -2.31. The molecule has 8 heteroatoms. The van der Waals surface area contributed by atoms with Gasteiger partial charge in [0.2, 0.25) is 15.0 Å². The molecule has 0 bridgehead atoms. The molecule has 1 fully saturated rings. The first-order valence-corrected chi connectivity index (χ1v) is 11.9. The SMILES string of the molecule is CCN(Cc1cnc(S(=O)(=O)Cc2ccccc2)n1C1CC1)C(=O)c1cccc(F)c1. The topological polar surface area (TPSA) is 72.3 Å². The Bertz CT molecular complexity index is 1190. The van der Waals surface area contributed by atoms with Crippen molar-refractivity contribution in [1.29, 1.82) is 0 Å². The highest BCUT2D eigenvalue weighted by molar-refractivity contribution is 7.90. The van der Waals surface area contributed by atoms with Crippen LogP contribution in [0, 0.1) is 5.82 Å². The number of benzene rings is 2. The summed E-state index contributed by atoms with van der Waals surface area (Å²) in [6.45, 7) is 2.44. The van der Waals surface area contributed by atoms with Crippen LogP contribution in [-0.2, 0) is 22.1 Å². The average Bonchev–Trinajstić information content (AvgIpc) is 3.50. The van der Waals surface area contributed by atoms with Crippen molar-refractivity contribution in [3.63, 3.8) is 0 Å². The van der Waals surface area contributed by atoms with Crippen LogP contribution in [-0.4, -0.2) is 35.3 Å². The van der Waals surface area contributed by atoms with Crippen LogP contribution in [0.15, 0.2) is 66.0 Å². The predicted molar refractivity (Wildman–Crippen MR) is 115 cm³/mol. The third-order valence-corrected chi connectivity index (χ3v) is 6.89. The molecule has 0 aliphatic heterocycles. The third-order valence-electron chi connectivity index (χ3n) is 5.32. The van der Waals surface area contributed by atoms with E-state index in [2.05, 4.69) is 4.98 Å². The van der Waals surface area contributed by atoms with Crippen molar-refractivity contribution in [2.24, 2.45) is 0 Å². The molecule has 0 N–H and O–H groups in total. The van der Waals surface area contributed by atoms with Gasteiger partial charge in [-0.3, -0.25) is 4.79 Å². The fraction of sp³-hybridized carbons (Fsp3) is 0.304. The predicted octanol–water partition coefficient (Wildman–Crippen LogP) is 3.99. The summed E-state index contributed by atoms with van der Waals surface area (Å²) in [7, 11) is -3.65. The largest absolute Gasteiger partial charge is 0.333 e. The zero-order valence-corrected chi connectivity index (χ0v) is 18.1. The van der Waals surface area contributed by atoms with Gasteiger partial charge in [-0.25, -0.2) is 17.8 Å². The summed E-state index contributed by atoms with van der Waals surface area (Å²) in [6, 6.07) is 14.6. The molecule has 0 atom stereocenters. The van der Waals surface area contributed by atoms with E-state index in [1.54, 1.807) is 39.8 Å². The number of hydrogen-bond acceptors (Lipinski definition) is 4. The monoisotopic (exact) mass is 441 g/mol. The van der Waals surface area contributed by atoms with Gasteiger partial charge < -0.3 is 9.47 Å². The van der Waals surface area contributed by atoms with Crippen LogP contribution in [0.3, 0.4) is 0 Å². The van der Waals surface area contributed by atoms with Crippen molar-refractivity contribution in [3.05, 3.63) is 83.4 Å². The van der Waals surface area contributed by atoms with Crippen LogP contribution in [0.1, 0.15) is 47.4 Å². The lowest BCUT2D eigenvalue weighted by molar-refractivity contribution is 0.0748. The van der Waals surface area contributed by atoms with Gasteiger partial charge in [0.15, 0.2) is 0 Å². The van der Waals surface area contributed by atoms with Crippen molar-refractivity contribution in [1.82, 2.24) is 14.5 Å². The van der Waals surface area contributed by atoms with Crippen LogP contribution in [0.2, 0.25) is 0 Å². The molecule has 1 aliphatic carbocycles. The summed E-state index contributed by atoms with van der Waals surface area (Å²) in [5, 5.41) is 0.0445. The minimum Gasteiger partial charge on any atom is -0.333 e. The Labute approximate surface area is 181 Å². The first-order valence-electron chi connectivity index (χ1n) is 10.3. The summed E-state index contributed by atoms with van der Waals surface area (Å²) < 4.78 is 41.5. The summed E-state index contributed by atoms with van der Waals surface area (Å²) >= 11 is 0. The zero-order valence-electron chi connectivity index (χ0n) is 17.2. The molecule has 1 amide bonds. The van der Waals surface area contributed by atoms with E-state index in [0.717, 1.165) is 12.8 Å². The molecule has 1 saturated carbocycles. The quantitative estimate of drug-likeness (QED) is 0.530. The van der Waals surface area contributed by atoms with E-state index in [0.29, 0.717) is 17.8 Å². The Morgan fingerprint density at radius 3 is 2.55 bits per heavy atom. The van der Waals surface area contributed by atoms with Gasteiger partial charge in [0.05, 0.1) is 24.2 Å². The highest BCUT2D eigenvalue weighted by atomic mass is 32.2. The smallest absolute Gasteiger partial charge is 0.254 e. The maximum Gasteiger partial charge on any atom is 0.254 e.